The molecule has 0 amide bonds. The van der Waals surface area contributed by atoms with Gasteiger partial charge in [-0.05, 0) is 38.5 Å². The highest BCUT2D eigenvalue weighted by Crippen LogP contribution is 2.38. The van der Waals surface area contributed by atoms with Crippen LogP contribution in [0.15, 0.2) is 36.7 Å². The average Bonchev–Trinajstić information content (AvgIpc) is 2.93. The standard InChI is InChI=1S/C18H18N2O3S/c1-18(2,3)23-17(21)15-13(11-6-5-7-12(10-11)22-4)14-16(24-15)20-9-8-19-14/h5-10H,1-4H3. The number of esters is 1. The molecule has 24 heavy (non-hydrogen) atoms. The Morgan fingerprint density at radius 1 is 1.17 bits per heavy atom. The van der Waals surface area contributed by atoms with Gasteiger partial charge in [-0.3, -0.25) is 4.98 Å². The summed E-state index contributed by atoms with van der Waals surface area (Å²) < 4.78 is 10.9. The van der Waals surface area contributed by atoms with E-state index in [2.05, 4.69) is 9.97 Å². The molecule has 0 radical (unpaired) electrons. The fraction of sp³-hybridized carbons (Fsp3) is 0.278. The van der Waals surface area contributed by atoms with Crippen LogP contribution in [-0.4, -0.2) is 28.6 Å². The van der Waals surface area contributed by atoms with E-state index in [0.29, 0.717) is 21.0 Å². The van der Waals surface area contributed by atoms with Crippen molar-refractivity contribution < 1.29 is 14.3 Å². The number of aromatic nitrogens is 2. The van der Waals surface area contributed by atoms with Crippen molar-refractivity contribution in [1.29, 1.82) is 0 Å². The van der Waals surface area contributed by atoms with Crippen LogP contribution >= 0.6 is 11.3 Å². The minimum Gasteiger partial charge on any atom is -0.497 e. The lowest BCUT2D eigenvalue weighted by atomic mass is 10.0. The SMILES string of the molecule is COc1cccc(-c2c(C(=O)OC(C)(C)C)sc3nccnc23)c1. The normalized spacial score (nSPS) is 11.5. The molecule has 6 heteroatoms. The summed E-state index contributed by atoms with van der Waals surface area (Å²) in [4.78, 5) is 22.6. The second-order valence-electron chi connectivity index (χ2n) is 6.25. The Labute approximate surface area is 144 Å². The first kappa shape index (κ1) is 16.4. The molecule has 124 valence electrons. The molecule has 0 atom stereocenters. The van der Waals surface area contributed by atoms with Crippen LogP contribution in [0.3, 0.4) is 0 Å². The summed E-state index contributed by atoms with van der Waals surface area (Å²) in [6.45, 7) is 5.54. The van der Waals surface area contributed by atoms with Crippen molar-refractivity contribution in [2.24, 2.45) is 0 Å². The van der Waals surface area contributed by atoms with Crippen molar-refractivity contribution >= 4 is 27.7 Å². The summed E-state index contributed by atoms with van der Waals surface area (Å²) in [5.41, 5.74) is 1.70. The number of fused-ring (bicyclic) bond motifs is 1. The van der Waals surface area contributed by atoms with Crippen LogP contribution in [0.5, 0.6) is 5.75 Å². The zero-order valence-corrected chi connectivity index (χ0v) is 14.8. The number of hydrogen-bond acceptors (Lipinski definition) is 6. The summed E-state index contributed by atoms with van der Waals surface area (Å²) in [5.74, 6) is 0.344. The Balaban J connectivity index is 2.20. The minimum absolute atomic E-state index is 0.370. The lowest BCUT2D eigenvalue weighted by Gasteiger charge is -2.19. The van der Waals surface area contributed by atoms with Crippen molar-refractivity contribution in [1.82, 2.24) is 9.97 Å². The van der Waals surface area contributed by atoms with Crippen molar-refractivity contribution in [2.75, 3.05) is 7.11 Å². The second kappa shape index (κ2) is 6.20. The fourth-order valence-corrected chi connectivity index (χ4v) is 3.34. The van der Waals surface area contributed by atoms with Crippen LogP contribution in [0.1, 0.15) is 30.4 Å². The number of ether oxygens (including phenoxy) is 2. The molecule has 0 aliphatic carbocycles. The number of methoxy groups -OCH3 is 1. The molecule has 0 aliphatic rings. The van der Waals surface area contributed by atoms with Crippen LogP contribution < -0.4 is 4.74 Å². The predicted octanol–water partition coefficient (Wildman–Crippen LogP) is 4.32. The van der Waals surface area contributed by atoms with Crippen molar-refractivity contribution in [3.05, 3.63) is 41.5 Å². The van der Waals surface area contributed by atoms with Gasteiger partial charge in [0.05, 0.1) is 7.11 Å². The molecule has 5 nitrogen and oxygen atoms in total. The number of rotatable bonds is 3. The number of thiophene rings is 1. The van der Waals surface area contributed by atoms with Crippen LogP contribution in [0.4, 0.5) is 0 Å². The molecule has 0 spiro atoms. The number of hydrogen-bond donors (Lipinski definition) is 0. The van der Waals surface area contributed by atoms with Gasteiger partial charge in [-0.2, -0.15) is 0 Å². The summed E-state index contributed by atoms with van der Waals surface area (Å²) in [6, 6.07) is 7.54. The Morgan fingerprint density at radius 3 is 2.62 bits per heavy atom. The van der Waals surface area contributed by atoms with Gasteiger partial charge in [-0.1, -0.05) is 12.1 Å². The molecule has 0 saturated heterocycles. The predicted molar refractivity (Wildman–Crippen MR) is 94.6 cm³/mol. The van der Waals surface area contributed by atoms with Crippen LogP contribution in [0.2, 0.25) is 0 Å². The number of benzene rings is 1. The molecule has 1 aromatic carbocycles. The Kier molecular flexibility index (Phi) is 4.24. The Morgan fingerprint density at radius 2 is 1.92 bits per heavy atom. The summed E-state index contributed by atoms with van der Waals surface area (Å²) in [5, 5.41) is 0. The lowest BCUT2D eigenvalue weighted by Crippen LogP contribution is -2.23. The maximum atomic E-state index is 12.7. The van der Waals surface area contributed by atoms with Crippen molar-refractivity contribution in [2.45, 2.75) is 26.4 Å². The summed E-state index contributed by atoms with van der Waals surface area (Å²) in [7, 11) is 1.61. The molecule has 0 unspecified atom stereocenters. The summed E-state index contributed by atoms with van der Waals surface area (Å²) >= 11 is 1.29. The first-order chi connectivity index (χ1) is 11.4. The third kappa shape index (κ3) is 3.23. The first-order valence-electron chi connectivity index (χ1n) is 7.50. The van der Waals surface area contributed by atoms with E-state index in [1.165, 1.54) is 11.3 Å². The molecule has 0 fully saturated rings. The quantitative estimate of drug-likeness (QED) is 0.663. The van der Waals surface area contributed by atoms with Gasteiger partial charge < -0.3 is 9.47 Å². The average molecular weight is 342 g/mol. The van der Waals surface area contributed by atoms with E-state index in [1.807, 2.05) is 45.0 Å². The lowest BCUT2D eigenvalue weighted by molar-refractivity contribution is 0.00761. The van der Waals surface area contributed by atoms with Gasteiger partial charge in [0.25, 0.3) is 0 Å². The largest absolute Gasteiger partial charge is 0.497 e. The maximum Gasteiger partial charge on any atom is 0.349 e. The van der Waals surface area contributed by atoms with Gasteiger partial charge in [0, 0.05) is 18.0 Å². The van der Waals surface area contributed by atoms with Crippen LogP contribution in [0.25, 0.3) is 21.5 Å². The van der Waals surface area contributed by atoms with Crippen molar-refractivity contribution in [3.63, 3.8) is 0 Å². The van der Waals surface area contributed by atoms with Gasteiger partial charge in [0.15, 0.2) is 0 Å². The zero-order valence-electron chi connectivity index (χ0n) is 14.0. The van der Waals surface area contributed by atoms with Gasteiger partial charge in [0.2, 0.25) is 0 Å². The van der Waals surface area contributed by atoms with Gasteiger partial charge >= 0.3 is 5.97 Å². The monoisotopic (exact) mass is 342 g/mol. The molecular formula is C18H18N2O3S. The number of carbonyl (C=O) groups excluding carboxylic acids is 1. The highest BCUT2D eigenvalue weighted by atomic mass is 32.1. The van der Waals surface area contributed by atoms with E-state index in [-0.39, 0.29) is 5.97 Å². The summed E-state index contributed by atoms with van der Waals surface area (Å²) in [6.07, 6.45) is 3.24. The minimum atomic E-state index is -0.570. The molecular weight excluding hydrogens is 324 g/mol. The van der Waals surface area contributed by atoms with Gasteiger partial charge in [-0.25, -0.2) is 9.78 Å². The van der Waals surface area contributed by atoms with E-state index in [0.717, 1.165) is 11.1 Å². The second-order valence-corrected chi connectivity index (χ2v) is 7.25. The Hall–Kier alpha value is -2.47. The van der Waals surface area contributed by atoms with Crippen LogP contribution in [0, 0.1) is 0 Å². The van der Waals surface area contributed by atoms with Crippen LogP contribution in [-0.2, 0) is 4.74 Å². The third-order valence-electron chi connectivity index (χ3n) is 3.27. The molecule has 2 aromatic heterocycles. The number of carbonyl (C=O) groups is 1. The van der Waals surface area contributed by atoms with E-state index in [9.17, 15) is 4.79 Å². The molecule has 0 saturated carbocycles. The van der Waals surface area contributed by atoms with Gasteiger partial charge in [-0.15, -0.1) is 11.3 Å². The highest BCUT2D eigenvalue weighted by molar-refractivity contribution is 7.21. The van der Waals surface area contributed by atoms with E-state index in [1.54, 1.807) is 19.5 Å². The first-order valence-corrected chi connectivity index (χ1v) is 8.32. The zero-order chi connectivity index (χ0) is 17.3. The molecule has 2 heterocycles. The third-order valence-corrected chi connectivity index (χ3v) is 4.34. The maximum absolute atomic E-state index is 12.7. The molecule has 0 aliphatic heterocycles. The fourth-order valence-electron chi connectivity index (χ4n) is 2.34. The smallest absolute Gasteiger partial charge is 0.349 e. The Bertz CT molecular complexity index is 897. The molecule has 3 rings (SSSR count). The van der Waals surface area contributed by atoms with E-state index in [4.69, 9.17) is 9.47 Å². The molecule has 3 aromatic rings. The molecule has 0 bridgehead atoms. The topological polar surface area (TPSA) is 61.3 Å². The van der Waals surface area contributed by atoms with E-state index < -0.39 is 5.60 Å². The van der Waals surface area contributed by atoms with Crippen molar-refractivity contribution in [3.8, 4) is 16.9 Å². The van der Waals surface area contributed by atoms with Gasteiger partial charge in [0.1, 0.15) is 26.6 Å². The van der Waals surface area contributed by atoms with E-state index >= 15 is 0 Å². The number of nitrogens with zero attached hydrogens (tertiary/aromatic N) is 2. The molecule has 0 N–H and O–H groups in total. The highest BCUT2D eigenvalue weighted by Gasteiger charge is 2.26.